The van der Waals surface area contributed by atoms with E-state index in [0.29, 0.717) is 12.0 Å². The summed E-state index contributed by atoms with van der Waals surface area (Å²) in [6.45, 7) is 6.23. The van der Waals surface area contributed by atoms with E-state index in [1.165, 1.54) is 17.1 Å². The van der Waals surface area contributed by atoms with E-state index in [1.807, 2.05) is 11.8 Å². The Bertz CT molecular complexity index is 331. The van der Waals surface area contributed by atoms with E-state index in [1.54, 1.807) is 0 Å². The van der Waals surface area contributed by atoms with Gasteiger partial charge in [-0.3, -0.25) is 0 Å². The van der Waals surface area contributed by atoms with Crippen LogP contribution in [0.15, 0.2) is 24.3 Å². The predicted octanol–water partition coefficient (Wildman–Crippen LogP) is 3.10. The number of hydrogen-bond acceptors (Lipinski definition) is 3. The molecule has 0 aromatic heterocycles. The lowest BCUT2D eigenvalue weighted by molar-refractivity contribution is 0.271. The number of hydrogen-bond donors (Lipinski definition) is 1. The van der Waals surface area contributed by atoms with Crippen LogP contribution in [0.5, 0.6) is 5.75 Å². The van der Waals surface area contributed by atoms with Gasteiger partial charge < -0.3 is 10.1 Å². The number of thioether (sulfide) groups is 1. The summed E-state index contributed by atoms with van der Waals surface area (Å²) in [7, 11) is 0. The minimum atomic E-state index is 0.507. The topological polar surface area (TPSA) is 21.3 Å². The van der Waals surface area contributed by atoms with Crippen LogP contribution in [0.4, 0.5) is 0 Å². The van der Waals surface area contributed by atoms with Crippen molar-refractivity contribution in [2.75, 3.05) is 24.7 Å². The molecule has 17 heavy (non-hydrogen) atoms. The van der Waals surface area contributed by atoms with Crippen LogP contribution in [0.3, 0.4) is 0 Å². The molecule has 94 valence electrons. The Labute approximate surface area is 108 Å². The predicted molar refractivity (Wildman–Crippen MR) is 74.8 cm³/mol. The normalized spacial score (nSPS) is 20.5. The summed E-state index contributed by atoms with van der Waals surface area (Å²) in [5, 5.41) is 3.54. The van der Waals surface area contributed by atoms with Gasteiger partial charge >= 0.3 is 0 Å². The van der Waals surface area contributed by atoms with Crippen molar-refractivity contribution < 1.29 is 4.74 Å². The van der Waals surface area contributed by atoms with Crippen molar-refractivity contribution in [3.8, 4) is 5.75 Å². The molecule has 0 saturated carbocycles. The summed E-state index contributed by atoms with van der Waals surface area (Å²) < 4.78 is 5.68. The highest BCUT2D eigenvalue weighted by Gasteiger charge is 2.14. The van der Waals surface area contributed by atoms with E-state index >= 15 is 0 Å². The van der Waals surface area contributed by atoms with Gasteiger partial charge in [0.05, 0.1) is 6.61 Å². The third kappa shape index (κ3) is 3.93. The molecule has 1 aliphatic heterocycles. The van der Waals surface area contributed by atoms with Crippen molar-refractivity contribution in [2.45, 2.75) is 19.9 Å². The van der Waals surface area contributed by atoms with E-state index in [-0.39, 0.29) is 0 Å². The summed E-state index contributed by atoms with van der Waals surface area (Å²) in [4.78, 5) is 0. The van der Waals surface area contributed by atoms with Crippen LogP contribution in [0, 0.1) is 5.92 Å². The van der Waals surface area contributed by atoms with Crippen molar-refractivity contribution in [3.63, 3.8) is 0 Å². The molecule has 2 nitrogen and oxygen atoms in total. The summed E-state index contributed by atoms with van der Waals surface area (Å²) in [6.07, 6.45) is 0. The highest BCUT2D eigenvalue weighted by Crippen LogP contribution is 2.23. The monoisotopic (exact) mass is 251 g/mol. The Balaban J connectivity index is 1.92. The molecule has 3 heteroatoms. The standard InChI is InChI=1S/C14H21NOS/c1-11(2)9-16-13-5-3-12(4-6-13)14-10-17-8-7-15-14/h3-6,11,14-15H,7-10H2,1-2H3. The minimum absolute atomic E-state index is 0.507. The van der Waals surface area contributed by atoms with Crippen molar-refractivity contribution in [3.05, 3.63) is 29.8 Å². The lowest BCUT2D eigenvalue weighted by atomic mass is 10.1. The first-order valence-electron chi connectivity index (χ1n) is 6.29. The molecular formula is C14H21NOS. The van der Waals surface area contributed by atoms with Crippen LogP contribution < -0.4 is 10.1 Å². The molecule has 0 bridgehead atoms. The van der Waals surface area contributed by atoms with Gasteiger partial charge in [0.1, 0.15) is 5.75 Å². The molecule has 1 saturated heterocycles. The zero-order chi connectivity index (χ0) is 12.1. The first kappa shape index (κ1) is 12.8. The Morgan fingerprint density at radius 2 is 2.12 bits per heavy atom. The van der Waals surface area contributed by atoms with Crippen LogP contribution in [-0.4, -0.2) is 24.7 Å². The molecule has 1 heterocycles. The van der Waals surface area contributed by atoms with Gasteiger partial charge in [-0.1, -0.05) is 26.0 Å². The van der Waals surface area contributed by atoms with Gasteiger partial charge in [-0.15, -0.1) is 0 Å². The molecule has 2 rings (SSSR count). The van der Waals surface area contributed by atoms with Crippen LogP contribution in [-0.2, 0) is 0 Å². The fraction of sp³-hybridized carbons (Fsp3) is 0.571. The highest BCUT2D eigenvalue weighted by molar-refractivity contribution is 7.99. The van der Waals surface area contributed by atoms with Crippen molar-refractivity contribution in [1.82, 2.24) is 5.32 Å². The molecule has 1 N–H and O–H groups in total. The quantitative estimate of drug-likeness (QED) is 0.888. The number of rotatable bonds is 4. The molecule has 0 aliphatic carbocycles. The van der Waals surface area contributed by atoms with Crippen LogP contribution >= 0.6 is 11.8 Å². The van der Waals surface area contributed by atoms with Crippen molar-refractivity contribution in [1.29, 1.82) is 0 Å². The number of nitrogens with one attached hydrogen (secondary N) is 1. The Hall–Kier alpha value is -0.670. The second-order valence-electron chi connectivity index (χ2n) is 4.86. The summed E-state index contributed by atoms with van der Waals surface area (Å²) >= 11 is 2.02. The maximum absolute atomic E-state index is 5.68. The summed E-state index contributed by atoms with van der Waals surface area (Å²) in [5.74, 6) is 3.95. The minimum Gasteiger partial charge on any atom is -0.493 e. The van der Waals surface area contributed by atoms with E-state index < -0.39 is 0 Å². The molecular weight excluding hydrogens is 230 g/mol. The molecule has 1 aromatic carbocycles. The molecule has 1 unspecified atom stereocenters. The fourth-order valence-corrected chi connectivity index (χ4v) is 2.81. The van der Waals surface area contributed by atoms with Crippen molar-refractivity contribution >= 4 is 11.8 Å². The average molecular weight is 251 g/mol. The zero-order valence-electron chi connectivity index (χ0n) is 10.6. The van der Waals surface area contributed by atoms with Gasteiger partial charge in [-0.05, 0) is 23.6 Å². The second kappa shape index (κ2) is 6.31. The van der Waals surface area contributed by atoms with Gasteiger partial charge in [0.2, 0.25) is 0 Å². The third-order valence-corrected chi connectivity index (χ3v) is 3.85. The molecule has 1 aliphatic rings. The van der Waals surface area contributed by atoms with E-state index in [0.717, 1.165) is 18.9 Å². The maximum atomic E-state index is 5.68. The summed E-state index contributed by atoms with van der Waals surface area (Å²) in [5.41, 5.74) is 1.37. The highest BCUT2D eigenvalue weighted by atomic mass is 32.2. The fourth-order valence-electron chi connectivity index (χ4n) is 1.84. The SMILES string of the molecule is CC(C)COc1ccc(C2CSCCN2)cc1. The zero-order valence-corrected chi connectivity index (χ0v) is 11.4. The lowest BCUT2D eigenvalue weighted by Gasteiger charge is -2.23. The molecule has 1 atom stereocenters. The maximum Gasteiger partial charge on any atom is 0.119 e. The van der Waals surface area contributed by atoms with Gasteiger partial charge in [-0.25, -0.2) is 0 Å². The van der Waals surface area contributed by atoms with Crippen molar-refractivity contribution in [2.24, 2.45) is 5.92 Å². The smallest absolute Gasteiger partial charge is 0.119 e. The van der Waals surface area contributed by atoms with Gasteiger partial charge in [0.25, 0.3) is 0 Å². The molecule has 0 spiro atoms. The Kier molecular flexibility index (Phi) is 4.75. The number of ether oxygens (including phenoxy) is 1. The largest absolute Gasteiger partial charge is 0.493 e. The Morgan fingerprint density at radius 3 is 2.71 bits per heavy atom. The van der Waals surface area contributed by atoms with Crippen LogP contribution in [0.1, 0.15) is 25.5 Å². The van der Waals surface area contributed by atoms with Gasteiger partial charge in [-0.2, -0.15) is 11.8 Å². The van der Waals surface area contributed by atoms with Gasteiger partial charge in [0.15, 0.2) is 0 Å². The second-order valence-corrected chi connectivity index (χ2v) is 6.01. The van der Waals surface area contributed by atoms with Gasteiger partial charge in [0, 0.05) is 24.1 Å². The van der Waals surface area contributed by atoms with E-state index in [2.05, 4.69) is 43.4 Å². The van der Waals surface area contributed by atoms with Crippen LogP contribution in [0.2, 0.25) is 0 Å². The first-order chi connectivity index (χ1) is 8.25. The van der Waals surface area contributed by atoms with E-state index in [4.69, 9.17) is 4.74 Å². The molecule has 1 aromatic rings. The lowest BCUT2D eigenvalue weighted by Crippen LogP contribution is -2.30. The number of benzene rings is 1. The molecule has 1 fully saturated rings. The average Bonchev–Trinajstić information content (AvgIpc) is 2.38. The molecule has 0 radical (unpaired) electrons. The Morgan fingerprint density at radius 1 is 1.35 bits per heavy atom. The summed E-state index contributed by atoms with van der Waals surface area (Å²) in [6, 6.07) is 9.03. The first-order valence-corrected chi connectivity index (χ1v) is 7.45. The third-order valence-electron chi connectivity index (χ3n) is 2.79. The molecule has 0 amide bonds. The van der Waals surface area contributed by atoms with Crippen LogP contribution in [0.25, 0.3) is 0 Å². The van der Waals surface area contributed by atoms with E-state index in [9.17, 15) is 0 Å².